The average molecular weight is 181 g/mol. The Morgan fingerprint density at radius 3 is 2.69 bits per heavy atom. The zero-order chi connectivity index (χ0) is 9.31. The van der Waals surface area contributed by atoms with Crippen LogP contribution >= 0.6 is 0 Å². The third kappa shape index (κ3) is 2.25. The summed E-state index contributed by atoms with van der Waals surface area (Å²) in [5, 5.41) is 3.75. The summed E-state index contributed by atoms with van der Waals surface area (Å²) < 4.78 is 0. The van der Waals surface area contributed by atoms with Crippen molar-refractivity contribution < 1.29 is 0 Å². The highest BCUT2D eigenvalue weighted by molar-refractivity contribution is 4.90. The Labute approximate surface area is 82.3 Å². The molecule has 1 N–H and O–H groups in total. The van der Waals surface area contributed by atoms with E-state index in [9.17, 15) is 0 Å². The molecular formula is C12H23N. The van der Waals surface area contributed by atoms with Gasteiger partial charge in [-0.3, -0.25) is 0 Å². The van der Waals surface area contributed by atoms with Crippen LogP contribution in [0.4, 0.5) is 0 Å². The molecule has 2 fully saturated rings. The van der Waals surface area contributed by atoms with Gasteiger partial charge in [0.1, 0.15) is 0 Å². The lowest BCUT2D eigenvalue weighted by molar-refractivity contribution is 0.144. The molecule has 0 bridgehead atoms. The number of hydrogen-bond acceptors (Lipinski definition) is 1. The molecule has 1 saturated carbocycles. The van der Waals surface area contributed by atoms with E-state index >= 15 is 0 Å². The van der Waals surface area contributed by atoms with Gasteiger partial charge in [-0.2, -0.15) is 0 Å². The molecule has 1 nitrogen and oxygen atoms in total. The van der Waals surface area contributed by atoms with Crippen LogP contribution in [0.2, 0.25) is 0 Å². The fourth-order valence-corrected chi connectivity index (χ4v) is 3.09. The van der Waals surface area contributed by atoms with E-state index in [2.05, 4.69) is 19.2 Å². The maximum absolute atomic E-state index is 3.75. The minimum absolute atomic E-state index is 0.547. The molecule has 1 heteroatoms. The summed E-state index contributed by atoms with van der Waals surface area (Å²) in [6, 6.07) is 0.857. The molecule has 1 saturated heterocycles. The Bertz CT molecular complexity index is 174. The number of rotatable bonds is 0. The zero-order valence-electron chi connectivity index (χ0n) is 9.10. The first-order valence-corrected chi connectivity index (χ1v) is 5.91. The predicted octanol–water partition coefficient (Wildman–Crippen LogP) is 2.95. The standard InChI is InChI=1S/C12H23N/c1-12(2)8-10-6-4-3-5-7-11(10)13-9-12/h10-11,13H,3-9H2,1-2H3/t10-,11-/m1/s1. The Morgan fingerprint density at radius 1 is 1.08 bits per heavy atom. The fourth-order valence-electron chi connectivity index (χ4n) is 3.09. The molecule has 1 aliphatic heterocycles. The summed E-state index contributed by atoms with van der Waals surface area (Å²) in [5.74, 6) is 0.978. The first kappa shape index (κ1) is 9.51. The van der Waals surface area contributed by atoms with Crippen molar-refractivity contribution in [1.82, 2.24) is 5.32 Å². The molecule has 0 aromatic rings. The summed E-state index contributed by atoms with van der Waals surface area (Å²) in [7, 11) is 0. The van der Waals surface area contributed by atoms with Crippen molar-refractivity contribution in [2.45, 2.75) is 58.4 Å². The maximum atomic E-state index is 3.75. The second-order valence-electron chi connectivity index (χ2n) is 5.75. The monoisotopic (exact) mass is 181 g/mol. The van der Waals surface area contributed by atoms with Crippen molar-refractivity contribution in [3.8, 4) is 0 Å². The maximum Gasteiger partial charge on any atom is 0.00957 e. The van der Waals surface area contributed by atoms with E-state index in [-0.39, 0.29) is 0 Å². The van der Waals surface area contributed by atoms with Crippen LogP contribution in [0.25, 0.3) is 0 Å². The van der Waals surface area contributed by atoms with E-state index in [0.717, 1.165) is 12.0 Å². The van der Waals surface area contributed by atoms with Gasteiger partial charge in [0.2, 0.25) is 0 Å². The van der Waals surface area contributed by atoms with E-state index in [1.807, 2.05) is 0 Å². The first-order chi connectivity index (χ1) is 6.17. The lowest BCUT2D eigenvalue weighted by atomic mass is 9.74. The van der Waals surface area contributed by atoms with Crippen molar-refractivity contribution in [3.63, 3.8) is 0 Å². The highest BCUT2D eigenvalue weighted by Crippen LogP contribution is 2.37. The van der Waals surface area contributed by atoms with Crippen LogP contribution in [-0.2, 0) is 0 Å². The molecule has 2 aliphatic rings. The lowest BCUT2D eigenvalue weighted by Crippen LogP contribution is -2.48. The van der Waals surface area contributed by atoms with Crippen LogP contribution in [0.3, 0.4) is 0 Å². The zero-order valence-corrected chi connectivity index (χ0v) is 9.10. The first-order valence-electron chi connectivity index (χ1n) is 5.91. The Kier molecular flexibility index (Phi) is 2.64. The van der Waals surface area contributed by atoms with E-state index in [1.165, 1.54) is 45.1 Å². The molecular weight excluding hydrogens is 158 g/mol. The Balaban J connectivity index is 2.00. The summed E-state index contributed by atoms with van der Waals surface area (Å²) >= 11 is 0. The minimum Gasteiger partial charge on any atom is -0.313 e. The highest BCUT2D eigenvalue weighted by Gasteiger charge is 2.34. The van der Waals surface area contributed by atoms with Gasteiger partial charge in [0.05, 0.1) is 0 Å². The summed E-state index contributed by atoms with van der Waals surface area (Å²) in [5.41, 5.74) is 0.547. The van der Waals surface area contributed by atoms with Gasteiger partial charge >= 0.3 is 0 Å². The van der Waals surface area contributed by atoms with Crippen molar-refractivity contribution in [3.05, 3.63) is 0 Å². The quantitative estimate of drug-likeness (QED) is 0.606. The Hall–Kier alpha value is -0.0400. The van der Waals surface area contributed by atoms with Gasteiger partial charge in [0, 0.05) is 12.6 Å². The van der Waals surface area contributed by atoms with Gasteiger partial charge in [0.25, 0.3) is 0 Å². The molecule has 13 heavy (non-hydrogen) atoms. The van der Waals surface area contributed by atoms with Crippen LogP contribution in [-0.4, -0.2) is 12.6 Å². The predicted molar refractivity (Wildman–Crippen MR) is 56.8 cm³/mol. The molecule has 0 aromatic carbocycles. The topological polar surface area (TPSA) is 12.0 Å². The van der Waals surface area contributed by atoms with Gasteiger partial charge in [-0.05, 0) is 30.6 Å². The van der Waals surface area contributed by atoms with E-state index < -0.39 is 0 Å². The van der Waals surface area contributed by atoms with Crippen LogP contribution in [0.15, 0.2) is 0 Å². The number of fused-ring (bicyclic) bond motifs is 1. The highest BCUT2D eigenvalue weighted by atomic mass is 14.9. The van der Waals surface area contributed by atoms with Crippen LogP contribution in [0, 0.1) is 11.3 Å². The van der Waals surface area contributed by atoms with E-state index in [0.29, 0.717) is 5.41 Å². The molecule has 76 valence electrons. The molecule has 0 unspecified atom stereocenters. The van der Waals surface area contributed by atoms with Crippen molar-refractivity contribution in [2.75, 3.05) is 6.54 Å². The van der Waals surface area contributed by atoms with Gasteiger partial charge in [0.15, 0.2) is 0 Å². The van der Waals surface area contributed by atoms with E-state index in [1.54, 1.807) is 0 Å². The third-order valence-electron chi connectivity index (χ3n) is 3.82. The van der Waals surface area contributed by atoms with Crippen molar-refractivity contribution >= 4 is 0 Å². The van der Waals surface area contributed by atoms with Crippen LogP contribution in [0.1, 0.15) is 52.4 Å². The molecule has 1 heterocycles. The molecule has 2 rings (SSSR count). The summed E-state index contributed by atoms with van der Waals surface area (Å²) in [6.45, 7) is 6.04. The summed E-state index contributed by atoms with van der Waals surface area (Å²) in [4.78, 5) is 0. The Morgan fingerprint density at radius 2 is 1.85 bits per heavy atom. The SMILES string of the molecule is CC1(C)CN[C@@H]2CCCCC[C@@H]2C1. The normalized spacial score (nSPS) is 39.2. The number of hydrogen-bond donors (Lipinski definition) is 1. The van der Waals surface area contributed by atoms with E-state index in [4.69, 9.17) is 0 Å². The average Bonchev–Trinajstić information content (AvgIpc) is 2.27. The number of piperidine rings is 1. The van der Waals surface area contributed by atoms with Gasteiger partial charge < -0.3 is 5.32 Å². The molecule has 0 aromatic heterocycles. The molecule has 0 radical (unpaired) electrons. The molecule has 0 spiro atoms. The molecule has 1 aliphatic carbocycles. The van der Waals surface area contributed by atoms with Gasteiger partial charge in [-0.1, -0.05) is 33.1 Å². The van der Waals surface area contributed by atoms with Crippen LogP contribution in [0.5, 0.6) is 0 Å². The second-order valence-corrected chi connectivity index (χ2v) is 5.75. The molecule has 2 atom stereocenters. The van der Waals surface area contributed by atoms with Crippen LogP contribution < -0.4 is 5.32 Å². The van der Waals surface area contributed by atoms with Crippen molar-refractivity contribution in [2.24, 2.45) is 11.3 Å². The van der Waals surface area contributed by atoms with Gasteiger partial charge in [-0.15, -0.1) is 0 Å². The molecule has 0 amide bonds. The second kappa shape index (κ2) is 3.61. The van der Waals surface area contributed by atoms with Crippen molar-refractivity contribution in [1.29, 1.82) is 0 Å². The fraction of sp³-hybridized carbons (Fsp3) is 1.00. The summed E-state index contributed by atoms with van der Waals surface area (Å²) in [6.07, 6.45) is 8.75. The van der Waals surface area contributed by atoms with Gasteiger partial charge in [-0.25, -0.2) is 0 Å². The largest absolute Gasteiger partial charge is 0.313 e. The third-order valence-corrected chi connectivity index (χ3v) is 3.82. The lowest BCUT2D eigenvalue weighted by Gasteiger charge is -2.41. The minimum atomic E-state index is 0.547. The smallest absolute Gasteiger partial charge is 0.00957 e. The number of nitrogens with one attached hydrogen (secondary N) is 1.